The van der Waals surface area contributed by atoms with Gasteiger partial charge in [0, 0.05) is 11.8 Å². The largest absolute Gasteiger partial charge is 0.503 e. The Hall–Kier alpha value is -2.69. The third kappa shape index (κ3) is 3.21. The molecule has 3 aromatic rings. The lowest BCUT2D eigenvalue weighted by atomic mass is 10.0. The number of Topliss-reactive ketones (excluding diaryl/α,β-unsaturated/α-hetero) is 2. The quantitative estimate of drug-likeness (QED) is 0.561. The number of amides is 1. The Labute approximate surface area is 184 Å². The van der Waals surface area contributed by atoms with Crippen LogP contribution in [0.2, 0.25) is 0 Å². The number of aromatic nitrogens is 2. The average Bonchev–Trinajstić information content (AvgIpc) is 3.43. The third-order valence-electron chi connectivity index (χ3n) is 4.69. The first kappa shape index (κ1) is 20.6. The number of aliphatic hydroxyl groups excluding tert-OH is 1. The molecule has 0 saturated carbocycles. The number of carbonyl (C=O) groups excluding carboxylic acids is 3. The Morgan fingerprint density at radius 2 is 1.80 bits per heavy atom. The normalized spacial score (nSPS) is 16.6. The summed E-state index contributed by atoms with van der Waals surface area (Å²) in [5.41, 5.74) is 1.07. The highest BCUT2D eigenvalue weighted by Gasteiger charge is 2.47. The zero-order chi connectivity index (χ0) is 21.7. The van der Waals surface area contributed by atoms with Gasteiger partial charge in [0.05, 0.1) is 31.7 Å². The zero-order valence-corrected chi connectivity index (χ0v) is 19.0. The van der Waals surface area contributed by atoms with Gasteiger partial charge in [0.25, 0.3) is 5.91 Å². The Bertz CT molecular complexity index is 1220. The van der Waals surface area contributed by atoms with Crippen molar-refractivity contribution in [2.24, 2.45) is 0 Å². The SMILES string of the molecule is CC(=O)c1sc(N2C(=O)C(O)=C(C(=O)c3sc(C)nc3C)C2c2cccs2)nc1C. The van der Waals surface area contributed by atoms with E-state index in [2.05, 4.69) is 9.97 Å². The molecule has 154 valence electrons. The van der Waals surface area contributed by atoms with Crippen LogP contribution >= 0.6 is 34.0 Å². The Balaban J connectivity index is 1.87. The summed E-state index contributed by atoms with van der Waals surface area (Å²) in [5.74, 6) is -1.88. The van der Waals surface area contributed by atoms with Crippen LogP contribution in [0.4, 0.5) is 5.13 Å². The third-order valence-corrected chi connectivity index (χ3v) is 7.94. The van der Waals surface area contributed by atoms with Crippen molar-refractivity contribution in [3.05, 3.63) is 59.9 Å². The molecule has 0 aliphatic carbocycles. The van der Waals surface area contributed by atoms with E-state index in [9.17, 15) is 19.5 Å². The van der Waals surface area contributed by atoms with Crippen LogP contribution in [-0.2, 0) is 4.79 Å². The monoisotopic (exact) mass is 459 g/mol. The summed E-state index contributed by atoms with van der Waals surface area (Å²) < 4.78 is 0. The maximum absolute atomic E-state index is 13.4. The zero-order valence-electron chi connectivity index (χ0n) is 16.5. The summed E-state index contributed by atoms with van der Waals surface area (Å²) in [4.78, 5) is 49.9. The number of aliphatic hydroxyl groups is 1. The van der Waals surface area contributed by atoms with Crippen LogP contribution in [-0.4, -0.2) is 32.5 Å². The van der Waals surface area contributed by atoms with Crippen molar-refractivity contribution in [3.63, 3.8) is 0 Å². The molecule has 0 saturated heterocycles. The molecule has 1 amide bonds. The molecule has 1 aliphatic heterocycles. The number of hydrogen-bond donors (Lipinski definition) is 1. The molecule has 0 aromatic carbocycles. The van der Waals surface area contributed by atoms with Crippen molar-refractivity contribution in [2.45, 2.75) is 33.7 Å². The summed E-state index contributed by atoms with van der Waals surface area (Å²) in [7, 11) is 0. The van der Waals surface area contributed by atoms with Gasteiger partial charge in [-0.2, -0.15) is 0 Å². The number of aryl methyl sites for hydroxylation is 3. The molecule has 4 rings (SSSR count). The Morgan fingerprint density at radius 1 is 1.10 bits per heavy atom. The van der Waals surface area contributed by atoms with E-state index in [1.54, 1.807) is 26.8 Å². The smallest absolute Gasteiger partial charge is 0.296 e. The van der Waals surface area contributed by atoms with Gasteiger partial charge >= 0.3 is 0 Å². The van der Waals surface area contributed by atoms with E-state index >= 15 is 0 Å². The topological polar surface area (TPSA) is 100 Å². The summed E-state index contributed by atoms with van der Waals surface area (Å²) >= 11 is 3.68. The Kier molecular flexibility index (Phi) is 5.16. The van der Waals surface area contributed by atoms with Gasteiger partial charge in [0.1, 0.15) is 6.04 Å². The van der Waals surface area contributed by atoms with Crippen molar-refractivity contribution >= 4 is 56.6 Å². The fourth-order valence-corrected chi connectivity index (χ4v) is 6.11. The summed E-state index contributed by atoms with van der Waals surface area (Å²) in [6, 6.07) is 2.80. The van der Waals surface area contributed by atoms with E-state index < -0.39 is 23.5 Å². The number of rotatable bonds is 5. The van der Waals surface area contributed by atoms with Crippen molar-refractivity contribution < 1.29 is 19.5 Å². The molecule has 7 nitrogen and oxygen atoms in total. The molecule has 30 heavy (non-hydrogen) atoms. The molecule has 10 heteroatoms. The van der Waals surface area contributed by atoms with Gasteiger partial charge in [-0.25, -0.2) is 9.97 Å². The Morgan fingerprint density at radius 3 is 2.33 bits per heavy atom. The molecular weight excluding hydrogens is 442 g/mol. The molecule has 1 N–H and O–H groups in total. The molecule has 0 bridgehead atoms. The van der Waals surface area contributed by atoms with E-state index in [1.807, 2.05) is 11.4 Å². The van der Waals surface area contributed by atoms with Crippen molar-refractivity contribution in [1.29, 1.82) is 0 Å². The fourth-order valence-electron chi connectivity index (χ4n) is 3.43. The van der Waals surface area contributed by atoms with Crippen molar-refractivity contribution in [3.8, 4) is 0 Å². The molecule has 1 atom stereocenters. The predicted molar refractivity (Wildman–Crippen MR) is 117 cm³/mol. The molecule has 1 unspecified atom stereocenters. The molecule has 0 spiro atoms. The number of thiazole rings is 2. The first-order valence-corrected chi connectivity index (χ1v) is 11.5. The standard InChI is InChI=1S/C20H17N3O4S3/c1-8-17(10(3)24)30-20(22-8)23-14(12-6-5-7-28-12)13(16(26)19(23)27)15(25)18-9(2)21-11(4)29-18/h5-7,14,26H,1-4H3. The van der Waals surface area contributed by atoms with Gasteiger partial charge in [-0.05, 0) is 32.2 Å². The lowest BCUT2D eigenvalue weighted by molar-refractivity contribution is -0.117. The molecule has 1 aliphatic rings. The van der Waals surface area contributed by atoms with Gasteiger partial charge in [-0.1, -0.05) is 17.4 Å². The van der Waals surface area contributed by atoms with Crippen LogP contribution in [0.1, 0.15) is 53.6 Å². The molecule has 3 aromatic heterocycles. The van der Waals surface area contributed by atoms with Gasteiger partial charge in [0.15, 0.2) is 16.7 Å². The first-order valence-electron chi connectivity index (χ1n) is 8.97. The second-order valence-corrected chi connectivity index (χ2v) is 9.96. The predicted octanol–water partition coefficient (Wildman–Crippen LogP) is 4.57. The lowest BCUT2D eigenvalue weighted by Gasteiger charge is -2.23. The van der Waals surface area contributed by atoms with Crippen molar-refractivity contribution in [1.82, 2.24) is 9.97 Å². The molecule has 4 heterocycles. The maximum atomic E-state index is 13.4. The number of anilines is 1. The minimum absolute atomic E-state index is 0.00595. The number of nitrogens with zero attached hydrogens (tertiary/aromatic N) is 3. The van der Waals surface area contributed by atoms with E-state index in [-0.39, 0.29) is 16.5 Å². The lowest BCUT2D eigenvalue weighted by Crippen LogP contribution is -2.30. The average molecular weight is 460 g/mol. The summed E-state index contributed by atoms with van der Waals surface area (Å²) in [6.45, 7) is 6.66. The summed E-state index contributed by atoms with van der Waals surface area (Å²) in [5, 5.41) is 13.6. The number of thiophene rings is 1. The number of hydrogen-bond acceptors (Lipinski definition) is 9. The molecular formula is C20H17N3O4S3. The van der Waals surface area contributed by atoms with E-state index in [0.717, 1.165) is 16.3 Å². The molecule has 0 fully saturated rings. The first-order chi connectivity index (χ1) is 14.2. The molecule has 0 radical (unpaired) electrons. The van der Waals surface area contributed by atoms with Crippen LogP contribution in [0.15, 0.2) is 28.8 Å². The van der Waals surface area contributed by atoms with Crippen molar-refractivity contribution in [2.75, 3.05) is 4.90 Å². The second-order valence-electron chi connectivity index (χ2n) is 6.80. The number of carbonyl (C=O) groups is 3. The van der Waals surface area contributed by atoms with Crippen LogP contribution < -0.4 is 4.90 Å². The van der Waals surface area contributed by atoms with Gasteiger partial charge in [-0.3, -0.25) is 19.3 Å². The number of ketones is 2. The fraction of sp³-hybridized carbons (Fsp3) is 0.250. The van der Waals surface area contributed by atoms with Crippen LogP contribution in [0.25, 0.3) is 0 Å². The minimum atomic E-state index is -0.822. The maximum Gasteiger partial charge on any atom is 0.296 e. The summed E-state index contributed by atoms with van der Waals surface area (Å²) in [6.07, 6.45) is 0. The van der Waals surface area contributed by atoms with Gasteiger partial charge in [-0.15, -0.1) is 22.7 Å². The highest BCUT2D eigenvalue weighted by molar-refractivity contribution is 7.18. The van der Waals surface area contributed by atoms with E-state index in [0.29, 0.717) is 26.0 Å². The van der Waals surface area contributed by atoms with Crippen LogP contribution in [0.3, 0.4) is 0 Å². The van der Waals surface area contributed by atoms with Crippen LogP contribution in [0, 0.1) is 20.8 Å². The second kappa shape index (κ2) is 7.53. The van der Waals surface area contributed by atoms with Gasteiger partial charge < -0.3 is 5.11 Å². The minimum Gasteiger partial charge on any atom is -0.503 e. The highest BCUT2D eigenvalue weighted by atomic mass is 32.1. The van der Waals surface area contributed by atoms with Gasteiger partial charge in [0.2, 0.25) is 5.78 Å². The van der Waals surface area contributed by atoms with Crippen LogP contribution in [0.5, 0.6) is 0 Å². The van der Waals surface area contributed by atoms with E-state index in [1.165, 1.54) is 34.5 Å². The highest BCUT2D eigenvalue weighted by Crippen LogP contribution is 2.45. The van der Waals surface area contributed by atoms with E-state index in [4.69, 9.17) is 0 Å².